The summed E-state index contributed by atoms with van der Waals surface area (Å²) < 4.78 is 1.91. The van der Waals surface area contributed by atoms with E-state index in [1.54, 1.807) is 0 Å². The first-order chi connectivity index (χ1) is 10.6. The van der Waals surface area contributed by atoms with Gasteiger partial charge in [-0.3, -0.25) is 4.79 Å². The molecule has 5 heteroatoms. The molecule has 0 spiro atoms. The van der Waals surface area contributed by atoms with Crippen molar-refractivity contribution in [3.63, 3.8) is 0 Å². The Morgan fingerprint density at radius 1 is 1.18 bits per heavy atom. The number of imidazole rings is 1. The summed E-state index contributed by atoms with van der Waals surface area (Å²) in [6.45, 7) is 4.02. The Bertz CT molecular complexity index is 851. The quantitative estimate of drug-likeness (QED) is 0.729. The highest BCUT2D eigenvalue weighted by atomic mass is 16.1. The summed E-state index contributed by atoms with van der Waals surface area (Å²) in [5.74, 6) is 0.723. The Morgan fingerprint density at radius 2 is 1.95 bits per heavy atom. The second kappa shape index (κ2) is 5.52. The van der Waals surface area contributed by atoms with Gasteiger partial charge in [-0.2, -0.15) is 0 Å². The molecule has 0 radical (unpaired) electrons. The molecule has 0 aliphatic heterocycles. The van der Waals surface area contributed by atoms with Gasteiger partial charge in [-0.1, -0.05) is 18.2 Å². The highest BCUT2D eigenvalue weighted by Crippen LogP contribution is 2.21. The van der Waals surface area contributed by atoms with Crippen LogP contribution >= 0.6 is 0 Å². The number of fused-ring (bicyclic) bond motifs is 1. The molecule has 3 aromatic rings. The van der Waals surface area contributed by atoms with Crippen LogP contribution in [0.2, 0.25) is 0 Å². The molecular weight excluding hydrogens is 276 g/mol. The number of carbonyl (C=O) groups excluding carboxylic acids is 1. The molecule has 112 valence electrons. The number of carbonyl (C=O) groups is 1. The number of hydrogen-bond acceptors (Lipinski definition) is 3. The third kappa shape index (κ3) is 2.53. The molecular formula is C17H18N4O. The number of aromatic nitrogens is 2. The van der Waals surface area contributed by atoms with Crippen LogP contribution in [0.25, 0.3) is 11.0 Å². The van der Waals surface area contributed by atoms with Crippen LogP contribution in [0.1, 0.15) is 11.4 Å². The van der Waals surface area contributed by atoms with E-state index < -0.39 is 0 Å². The summed E-state index contributed by atoms with van der Waals surface area (Å²) in [6, 6.07) is 13.3. The topological polar surface area (TPSA) is 72.9 Å². The number of nitrogens with two attached hydrogens (primary N) is 1. The fourth-order valence-electron chi connectivity index (χ4n) is 2.52. The van der Waals surface area contributed by atoms with Crippen LogP contribution in [0.3, 0.4) is 0 Å². The van der Waals surface area contributed by atoms with Crippen molar-refractivity contribution < 1.29 is 4.79 Å². The van der Waals surface area contributed by atoms with Crippen LogP contribution in [0.5, 0.6) is 0 Å². The molecule has 0 aliphatic carbocycles. The van der Waals surface area contributed by atoms with Gasteiger partial charge in [-0.05, 0) is 43.7 Å². The van der Waals surface area contributed by atoms with E-state index in [0.717, 1.165) is 28.1 Å². The van der Waals surface area contributed by atoms with Crippen LogP contribution in [-0.2, 0) is 11.3 Å². The van der Waals surface area contributed by atoms with Gasteiger partial charge in [0, 0.05) is 11.4 Å². The van der Waals surface area contributed by atoms with Crippen LogP contribution in [0.15, 0.2) is 42.5 Å². The SMILES string of the molecule is Cc1c(N)cccc1NC(=O)Cn1c(C)nc2ccccc21. The number of rotatable bonds is 3. The first-order valence-electron chi connectivity index (χ1n) is 7.13. The average Bonchev–Trinajstić information content (AvgIpc) is 2.80. The lowest BCUT2D eigenvalue weighted by Gasteiger charge is -2.11. The van der Waals surface area contributed by atoms with E-state index in [4.69, 9.17) is 5.73 Å². The number of nitrogens with zero attached hydrogens (tertiary/aromatic N) is 2. The molecule has 1 aromatic heterocycles. The van der Waals surface area contributed by atoms with Crippen molar-refractivity contribution in [3.05, 3.63) is 53.9 Å². The molecule has 1 heterocycles. The lowest BCUT2D eigenvalue weighted by Crippen LogP contribution is -2.20. The molecule has 1 amide bonds. The smallest absolute Gasteiger partial charge is 0.244 e. The molecule has 22 heavy (non-hydrogen) atoms. The van der Waals surface area contributed by atoms with Crippen LogP contribution in [-0.4, -0.2) is 15.5 Å². The maximum absolute atomic E-state index is 12.3. The van der Waals surface area contributed by atoms with E-state index in [0.29, 0.717) is 5.69 Å². The third-order valence-electron chi connectivity index (χ3n) is 3.80. The predicted octanol–water partition coefficient (Wildman–Crippen LogP) is 2.87. The van der Waals surface area contributed by atoms with Crippen LogP contribution in [0.4, 0.5) is 11.4 Å². The second-order valence-corrected chi connectivity index (χ2v) is 5.30. The fourth-order valence-corrected chi connectivity index (χ4v) is 2.52. The Balaban J connectivity index is 1.84. The zero-order valence-electron chi connectivity index (χ0n) is 12.6. The lowest BCUT2D eigenvalue weighted by molar-refractivity contribution is -0.116. The Hall–Kier alpha value is -2.82. The molecule has 5 nitrogen and oxygen atoms in total. The molecule has 0 atom stereocenters. The zero-order valence-corrected chi connectivity index (χ0v) is 12.6. The van der Waals surface area contributed by atoms with E-state index >= 15 is 0 Å². The van der Waals surface area contributed by atoms with Crippen molar-refractivity contribution in [1.29, 1.82) is 0 Å². The van der Waals surface area contributed by atoms with Gasteiger partial charge in [0.1, 0.15) is 12.4 Å². The summed E-state index contributed by atoms with van der Waals surface area (Å²) in [4.78, 5) is 16.8. The lowest BCUT2D eigenvalue weighted by atomic mass is 10.1. The van der Waals surface area contributed by atoms with Gasteiger partial charge in [0.25, 0.3) is 0 Å². The monoisotopic (exact) mass is 294 g/mol. The van der Waals surface area contributed by atoms with Crippen LogP contribution < -0.4 is 11.1 Å². The van der Waals surface area contributed by atoms with Gasteiger partial charge in [-0.15, -0.1) is 0 Å². The molecule has 3 N–H and O–H groups in total. The normalized spacial score (nSPS) is 10.8. The maximum atomic E-state index is 12.3. The summed E-state index contributed by atoms with van der Waals surface area (Å²) in [7, 11) is 0. The minimum absolute atomic E-state index is 0.0973. The number of nitrogen functional groups attached to an aromatic ring is 1. The van der Waals surface area contributed by atoms with Crippen molar-refractivity contribution in [2.75, 3.05) is 11.1 Å². The third-order valence-corrected chi connectivity index (χ3v) is 3.80. The zero-order chi connectivity index (χ0) is 15.7. The molecule has 0 aliphatic rings. The number of amides is 1. The summed E-state index contributed by atoms with van der Waals surface area (Å²) >= 11 is 0. The number of aryl methyl sites for hydroxylation is 1. The van der Waals surface area contributed by atoms with E-state index in [2.05, 4.69) is 10.3 Å². The molecule has 0 bridgehead atoms. The van der Waals surface area contributed by atoms with E-state index in [9.17, 15) is 4.79 Å². The van der Waals surface area contributed by atoms with Gasteiger partial charge in [0.2, 0.25) is 5.91 Å². The number of hydrogen-bond donors (Lipinski definition) is 2. The Kier molecular flexibility index (Phi) is 3.55. The largest absolute Gasteiger partial charge is 0.398 e. The number of nitrogens with one attached hydrogen (secondary N) is 1. The van der Waals surface area contributed by atoms with Gasteiger partial charge in [-0.25, -0.2) is 4.98 Å². The molecule has 0 fully saturated rings. The summed E-state index contributed by atoms with van der Waals surface area (Å²) in [5.41, 5.74) is 10.0. The van der Waals surface area contributed by atoms with E-state index in [-0.39, 0.29) is 12.5 Å². The number of anilines is 2. The summed E-state index contributed by atoms with van der Waals surface area (Å²) in [5, 5.41) is 2.91. The minimum atomic E-state index is -0.0973. The van der Waals surface area contributed by atoms with Gasteiger partial charge < -0.3 is 15.6 Å². The molecule has 0 unspecified atom stereocenters. The van der Waals surface area contributed by atoms with Crippen molar-refractivity contribution in [1.82, 2.24) is 9.55 Å². The Morgan fingerprint density at radius 3 is 2.77 bits per heavy atom. The highest BCUT2D eigenvalue weighted by Gasteiger charge is 2.12. The van der Waals surface area contributed by atoms with Crippen molar-refractivity contribution in [2.45, 2.75) is 20.4 Å². The minimum Gasteiger partial charge on any atom is -0.398 e. The first kappa shape index (κ1) is 14.1. The van der Waals surface area contributed by atoms with Gasteiger partial charge >= 0.3 is 0 Å². The van der Waals surface area contributed by atoms with Crippen molar-refractivity contribution in [3.8, 4) is 0 Å². The highest BCUT2D eigenvalue weighted by molar-refractivity contribution is 5.93. The molecule has 0 saturated heterocycles. The number of benzene rings is 2. The standard InChI is InChI=1S/C17H18N4O/c1-11-13(18)6-5-8-14(11)20-17(22)10-21-12(2)19-15-7-3-4-9-16(15)21/h3-9H,10,18H2,1-2H3,(H,20,22). The molecule has 3 rings (SSSR count). The summed E-state index contributed by atoms with van der Waals surface area (Å²) in [6.07, 6.45) is 0. The van der Waals surface area contributed by atoms with Crippen molar-refractivity contribution in [2.24, 2.45) is 0 Å². The molecule has 0 saturated carbocycles. The van der Waals surface area contributed by atoms with Crippen molar-refractivity contribution >= 4 is 28.3 Å². The second-order valence-electron chi connectivity index (χ2n) is 5.30. The first-order valence-corrected chi connectivity index (χ1v) is 7.13. The molecule has 2 aromatic carbocycles. The van der Waals surface area contributed by atoms with Crippen LogP contribution in [0, 0.1) is 13.8 Å². The fraction of sp³-hybridized carbons (Fsp3) is 0.176. The van der Waals surface area contributed by atoms with E-state index in [1.165, 1.54) is 0 Å². The van der Waals surface area contributed by atoms with Gasteiger partial charge in [0.05, 0.1) is 11.0 Å². The maximum Gasteiger partial charge on any atom is 0.244 e. The predicted molar refractivity (Wildman–Crippen MR) is 88.7 cm³/mol. The van der Waals surface area contributed by atoms with Gasteiger partial charge in [0.15, 0.2) is 0 Å². The Labute approximate surface area is 128 Å². The average molecular weight is 294 g/mol. The number of para-hydroxylation sites is 2. The van der Waals surface area contributed by atoms with E-state index in [1.807, 2.05) is 60.9 Å².